The monoisotopic (exact) mass is 346 g/mol. The minimum Gasteiger partial charge on any atom is -0.355 e. The van der Waals surface area contributed by atoms with Crippen molar-refractivity contribution in [3.63, 3.8) is 0 Å². The number of carbonyl (C=O) groups is 1. The molecule has 0 spiro atoms. The van der Waals surface area contributed by atoms with Gasteiger partial charge in [0, 0.05) is 18.4 Å². The molecule has 1 amide bonds. The summed E-state index contributed by atoms with van der Waals surface area (Å²) in [5, 5.41) is 3.20. The number of rotatable bonds is 6. The summed E-state index contributed by atoms with van der Waals surface area (Å²) in [6.07, 6.45) is 7.14. The van der Waals surface area contributed by atoms with Crippen molar-refractivity contribution in [3.8, 4) is 12.3 Å². The van der Waals surface area contributed by atoms with E-state index < -0.39 is 0 Å². The second-order valence-corrected chi connectivity index (χ2v) is 6.87. The van der Waals surface area contributed by atoms with Crippen molar-refractivity contribution in [2.45, 2.75) is 18.8 Å². The molecule has 0 saturated carbocycles. The molecule has 1 N–H and O–H groups in total. The predicted molar refractivity (Wildman–Crippen MR) is 106 cm³/mol. The fourth-order valence-electron chi connectivity index (χ4n) is 3.63. The highest BCUT2D eigenvalue weighted by Gasteiger charge is 2.25. The number of piperidine rings is 1. The third-order valence-electron chi connectivity index (χ3n) is 5.16. The normalized spacial score (nSPS) is 15.5. The van der Waals surface area contributed by atoms with Crippen LogP contribution in [0.2, 0.25) is 0 Å². The van der Waals surface area contributed by atoms with E-state index in [1.54, 1.807) is 0 Å². The van der Waals surface area contributed by atoms with Crippen LogP contribution in [-0.2, 0) is 4.79 Å². The van der Waals surface area contributed by atoms with E-state index >= 15 is 0 Å². The minimum atomic E-state index is 0.0937. The van der Waals surface area contributed by atoms with Crippen molar-refractivity contribution >= 4 is 5.91 Å². The van der Waals surface area contributed by atoms with E-state index in [0.29, 0.717) is 13.1 Å². The second-order valence-electron chi connectivity index (χ2n) is 6.87. The lowest BCUT2D eigenvalue weighted by atomic mass is 9.90. The lowest BCUT2D eigenvalue weighted by molar-refractivity contribution is -0.126. The maximum absolute atomic E-state index is 12.7. The first-order valence-corrected chi connectivity index (χ1v) is 9.31. The van der Waals surface area contributed by atoms with Crippen LogP contribution < -0.4 is 5.32 Å². The molecule has 1 saturated heterocycles. The summed E-state index contributed by atoms with van der Waals surface area (Å²) in [5.74, 6) is 3.12. The van der Waals surface area contributed by atoms with Gasteiger partial charge in [-0.05, 0) is 37.1 Å². The molecule has 0 aromatic heterocycles. The SMILES string of the molecule is C#CCN1CCC(C(=O)NCC(c2ccccc2)c2ccccc2)CC1. The van der Waals surface area contributed by atoms with E-state index in [0.717, 1.165) is 25.9 Å². The quantitative estimate of drug-likeness (QED) is 0.814. The standard InChI is InChI=1S/C23H26N2O/c1-2-15-25-16-13-21(14-17-25)23(26)24-18-22(19-9-5-3-6-10-19)20-11-7-4-8-12-20/h1,3-12,21-22H,13-18H2,(H,24,26). The van der Waals surface area contributed by atoms with Crippen LogP contribution in [0, 0.1) is 18.3 Å². The summed E-state index contributed by atoms with van der Waals surface area (Å²) in [6, 6.07) is 20.8. The summed E-state index contributed by atoms with van der Waals surface area (Å²) in [7, 11) is 0. The zero-order valence-corrected chi connectivity index (χ0v) is 15.1. The Morgan fingerprint density at radius 1 is 1.04 bits per heavy atom. The van der Waals surface area contributed by atoms with Gasteiger partial charge >= 0.3 is 0 Å². The molecule has 2 aromatic rings. The van der Waals surface area contributed by atoms with E-state index in [9.17, 15) is 4.79 Å². The van der Waals surface area contributed by atoms with E-state index in [1.165, 1.54) is 11.1 Å². The van der Waals surface area contributed by atoms with E-state index in [1.807, 2.05) is 36.4 Å². The summed E-state index contributed by atoms with van der Waals surface area (Å²) in [5.41, 5.74) is 2.45. The lowest BCUT2D eigenvalue weighted by Crippen LogP contribution is -2.41. The fraction of sp³-hybridized carbons (Fsp3) is 0.348. The number of nitrogens with one attached hydrogen (secondary N) is 1. The topological polar surface area (TPSA) is 32.3 Å². The van der Waals surface area contributed by atoms with E-state index in [2.05, 4.69) is 40.4 Å². The van der Waals surface area contributed by atoms with Crippen molar-refractivity contribution in [2.75, 3.05) is 26.2 Å². The van der Waals surface area contributed by atoms with Gasteiger partial charge in [-0.1, -0.05) is 66.6 Å². The van der Waals surface area contributed by atoms with Crippen molar-refractivity contribution in [2.24, 2.45) is 5.92 Å². The molecule has 134 valence electrons. The van der Waals surface area contributed by atoms with Crippen molar-refractivity contribution in [1.29, 1.82) is 0 Å². The molecule has 0 bridgehead atoms. The summed E-state index contributed by atoms with van der Waals surface area (Å²) in [6.45, 7) is 3.11. The average molecular weight is 346 g/mol. The van der Waals surface area contributed by atoms with Crippen LogP contribution in [0.15, 0.2) is 60.7 Å². The first kappa shape index (κ1) is 18.2. The minimum absolute atomic E-state index is 0.0937. The van der Waals surface area contributed by atoms with Crippen LogP contribution in [0.4, 0.5) is 0 Å². The molecule has 3 nitrogen and oxygen atoms in total. The van der Waals surface area contributed by atoms with Gasteiger partial charge in [-0.2, -0.15) is 0 Å². The molecule has 1 aliphatic heterocycles. The highest BCUT2D eigenvalue weighted by Crippen LogP contribution is 2.24. The number of hydrogen-bond donors (Lipinski definition) is 1. The molecule has 3 heteroatoms. The van der Waals surface area contributed by atoms with Gasteiger partial charge in [-0.25, -0.2) is 0 Å². The van der Waals surface area contributed by atoms with Crippen molar-refractivity contribution < 1.29 is 4.79 Å². The van der Waals surface area contributed by atoms with Gasteiger partial charge < -0.3 is 5.32 Å². The van der Waals surface area contributed by atoms with Gasteiger partial charge in [0.2, 0.25) is 5.91 Å². The summed E-state index contributed by atoms with van der Waals surface area (Å²) < 4.78 is 0. The number of carbonyl (C=O) groups excluding carboxylic acids is 1. The number of benzene rings is 2. The molecular weight excluding hydrogens is 320 g/mol. The fourth-order valence-corrected chi connectivity index (χ4v) is 3.63. The van der Waals surface area contributed by atoms with E-state index in [-0.39, 0.29) is 17.7 Å². The number of terminal acetylenes is 1. The third kappa shape index (κ3) is 4.74. The van der Waals surface area contributed by atoms with Gasteiger partial charge in [-0.15, -0.1) is 6.42 Å². The number of likely N-dealkylation sites (tertiary alicyclic amines) is 1. The maximum Gasteiger partial charge on any atom is 0.223 e. The highest BCUT2D eigenvalue weighted by molar-refractivity contribution is 5.78. The van der Waals surface area contributed by atoms with Crippen LogP contribution in [0.5, 0.6) is 0 Å². The molecule has 0 aliphatic carbocycles. The molecule has 3 rings (SSSR count). The van der Waals surface area contributed by atoms with Gasteiger partial charge in [0.05, 0.1) is 6.54 Å². The Morgan fingerprint density at radius 3 is 2.08 bits per heavy atom. The Labute approximate surface area is 156 Å². The van der Waals surface area contributed by atoms with Crippen molar-refractivity contribution in [3.05, 3.63) is 71.8 Å². The van der Waals surface area contributed by atoms with Crippen LogP contribution >= 0.6 is 0 Å². The predicted octanol–water partition coefficient (Wildman–Crippen LogP) is 3.28. The summed E-state index contributed by atoms with van der Waals surface area (Å²) >= 11 is 0. The van der Waals surface area contributed by atoms with Crippen molar-refractivity contribution in [1.82, 2.24) is 10.2 Å². The Morgan fingerprint density at radius 2 is 1.58 bits per heavy atom. The zero-order valence-electron chi connectivity index (χ0n) is 15.1. The Balaban J connectivity index is 1.62. The smallest absolute Gasteiger partial charge is 0.223 e. The average Bonchev–Trinajstić information content (AvgIpc) is 2.70. The molecule has 0 unspecified atom stereocenters. The number of hydrogen-bond acceptors (Lipinski definition) is 2. The third-order valence-corrected chi connectivity index (χ3v) is 5.16. The Kier molecular flexibility index (Phi) is 6.46. The molecule has 0 radical (unpaired) electrons. The molecule has 1 heterocycles. The molecule has 0 atom stereocenters. The highest BCUT2D eigenvalue weighted by atomic mass is 16.1. The van der Waals surface area contributed by atoms with Gasteiger partial charge in [0.15, 0.2) is 0 Å². The van der Waals surface area contributed by atoms with Crippen LogP contribution in [0.3, 0.4) is 0 Å². The van der Waals surface area contributed by atoms with Crippen LogP contribution in [-0.4, -0.2) is 37.0 Å². The van der Waals surface area contributed by atoms with Crippen LogP contribution in [0.25, 0.3) is 0 Å². The molecule has 26 heavy (non-hydrogen) atoms. The van der Waals surface area contributed by atoms with Gasteiger partial charge in [0.25, 0.3) is 0 Å². The van der Waals surface area contributed by atoms with Gasteiger partial charge in [-0.3, -0.25) is 9.69 Å². The molecule has 2 aromatic carbocycles. The molecule has 1 aliphatic rings. The lowest BCUT2D eigenvalue weighted by Gasteiger charge is -2.30. The maximum atomic E-state index is 12.7. The van der Waals surface area contributed by atoms with Crippen LogP contribution in [0.1, 0.15) is 29.9 Å². The molecule has 1 fully saturated rings. The Bertz CT molecular complexity index is 688. The second kappa shape index (κ2) is 9.22. The van der Waals surface area contributed by atoms with Gasteiger partial charge in [0.1, 0.15) is 0 Å². The first-order chi connectivity index (χ1) is 12.8. The summed E-state index contributed by atoms with van der Waals surface area (Å²) in [4.78, 5) is 14.9. The first-order valence-electron chi connectivity index (χ1n) is 9.31. The number of amides is 1. The largest absolute Gasteiger partial charge is 0.355 e. The van der Waals surface area contributed by atoms with E-state index in [4.69, 9.17) is 6.42 Å². The zero-order chi connectivity index (χ0) is 18.2. The number of nitrogens with zero attached hydrogens (tertiary/aromatic N) is 1. The molecular formula is C23H26N2O. The Hall–Kier alpha value is -2.57.